The van der Waals surface area contributed by atoms with Crippen LogP contribution in [0.25, 0.3) is 11.1 Å². The lowest BCUT2D eigenvalue weighted by Gasteiger charge is -2.26. The van der Waals surface area contributed by atoms with Crippen LogP contribution in [0.15, 0.2) is 45.6 Å². The monoisotopic (exact) mass is 433 g/mol. The van der Waals surface area contributed by atoms with Gasteiger partial charge < -0.3 is 19.7 Å². The van der Waals surface area contributed by atoms with Crippen LogP contribution >= 0.6 is 0 Å². The van der Waals surface area contributed by atoms with Crippen LogP contribution in [0, 0.1) is 11.6 Å². The van der Waals surface area contributed by atoms with Gasteiger partial charge in [0.2, 0.25) is 5.91 Å². The van der Waals surface area contributed by atoms with Crippen molar-refractivity contribution in [3.63, 3.8) is 0 Å². The van der Waals surface area contributed by atoms with E-state index < -0.39 is 35.4 Å². The van der Waals surface area contributed by atoms with Gasteiger partial charge in [-0.05, 0) is 49.7 Å². The molecule has 1 aromatic heterocycles. The Balaban J connectivity index is 1.97. The number of carbonyl (C=O) groups is 2. The summed E-state index contributed by atoms with van der Waals surface area (Å²) in [5, 5.41) is 11.3. The van der Waals surface area contributed by atoms with Crippen molar-refractivity contribution in [1.82, 2.24) is 9.88 Å². The summed E-state index contributed by atoms with van der Waals surface area (Å²) in [6.45, 7) is 4.03. The van der Waals surface area contributed by atoms with Crippen molar-refractivity contribution in [2.75, 3.05) is 11.4 Å². The molecule has 3 rings (SSSR count). The molecule has 0 radical (unpaired) electrons. The van der Waals surface area contributed by atoms with Crippen molar-refractivity contribution < 1.29 is 27.9 Å². The van der Waals surface area contributed by atoms with Gasteiger partial charge in [0.05, 0.1) is 5.52 Å². The number of anilines is 1. The SMILES string of the molecule is CCN(C(=O)C(Cc1cc(F)cc(F)c1)NC(=O)O)c1ccc2oc(=O)n(CC)c2c1. The van der Waals surface area contributed by atoms with Crippen LogP contribution in [-0.4, -0.2) is 34.3 Å². The lowest BCUT2D eigenvalue weighted by molar-refractivity contribution is -0.120. The number of rotatable bonds is 7. The highest BCUT2D eigenvalue weighted by atomic mass is 19.1. The Morgan fingerprint density at radius 1 is 1.16 bits per heavy atom. The summed E-state index contributed by atoms with van der Waals surface area (Å²) >= 11 is 0. The topological polar surface area (TPSA) is 105 Å². The van der Waals surface area contributed by atoms with Gasteiger partial charge in [-0.15, -0.1) is 0 Å². The zero-order valence-corrected chi connectivity index (χ0v) is 16.9. The fourth-order valence-electron chi connectivity index (χ4n) is 3.49. The molecule has 0 bridgehead atoms. The van der Waals surface area contributed by atoms with E-state index in [0.29, 0.717) is 29.4 Å². The highest BCUT2D eigenvalue weighted by Crippen LogP contribution is 2.23. The van der Waals surface area contributed by atoms with Crippen molar-refractivity contribution in [3.8, 4) is 0 Å². The minimum absolute atomic E-state index is 0.130. The second-order valence-corrected chi connectivity index (χ2v) is 6.83. The number of hydrogen-bond donors (Lipinski definition) is 2. The third kappa shape index (κ3) is 4.73. The number of carbonyl (C=O) groups excluding carboxylic acids is 1. The molecule has 0 fully saturated rings. The molecule has 2 N–H and O–H groups in total. The summed E-state index contributed by atoms with van der Waals surface area (Å²) in [7, 11) is 0. The standard InChI is InChI=1S/C21H21F2N3O5/c1-3-25(15-5-6-18-17(11-15)26(4-2)21(30)31-18)19(27)16(24-20(28)29)9-12-7-13(22)10-14(23)8-12/h5-8,10-11,16,24H,3-4,9H2,1-2H3,(H,28,29). The molecular weight excluding hydrogens is 412 g/mol. The Hall–Kier alpha value is -3.69. The predicted octanol–water partition coefficient (Wildman–Crippen LogP) is 3.12. The molecule has 0 saturated carbocycles. The van der Waals surface area contributed by atoms with Gasteiger partial charge >= 0.3 is 11.8 Å². The van der Waals surface area contributed by atoms with E-state index in [4.69, 9.17) is 4.42 Å². The van der Waals surface area contributed by atoms with Gasteiger partial charge in [-0.2, -0.15) is 0 Å². The second-order valence-electron chi connectivity index (χ2n) is 6.83. The molecule has 0 aliphatic carbocycles. The number of oxazole rings is 1. The third-order valence-electron chi connectivity index (χ3n) is 4.82. The molecule has 164 valence electrons. The summed E-state index contributed by atoms with van der Waals surface area (Å²) in [6.07, 6.45) is -1.69. The predicted molar refractivity (Wildman–Crippen MR) is 109 cm³/mol. The molecule has 8 nitrogen and oxygen atoms in total. The van der Waals surface area contributed by atoms with E-state index in [-0.39, 0.29) is 18.5 Å². The van der Waals surface area contributed by atoms with E-state index in [0.717, 1.165) is 12.1 Å². The van der Waals surface area contributed by atoms with Crippen molar-refractivity contribution >= 4 is 28.8 Å². The van der Waals surface area contributed by atoms with E-state index in [1.54, 1.807) is 32.0 Å². The van der Waals surface area contributed by atoms with Crippen LogP contribution in [0.3, 0.4) is 0 Å². The van der Waals surface area contributed by atoms with Crippen molar-refractivity contribution in [3.05, 3.63) is 64.1 Å². The lowest BCUT2D eigenvalue weighted by Crippen LogP contribution is -2.49. The number of carboxylic acid groups (broad SMARTS) is 1. The van der Waals surface area contributed by atoms with Gasteiger partial charge in [-0.25, -0.2) is 18.4 Å². The highest BCUT2D eigenvalue weighted by Gasteiger charge is 2.27. The molecular formula is C21H21F2N3O5. The molecule has 0 aliphatic rings. The van der Waals surface area contributed by atoms with Crippen molar-refractivity contribution in [2.24, 2.45) is 0 Å². The molecule has 1 heterocycles. The molecule has 10 heteroatoms. The maximum Gasteiger partial charge on any atom is 0.419 e. The quantitative estimate of drug-likeness (QED) is 0.596. The zero-order valence-electron chi connectivity index (χ0n) is 16.9. The first-order valence-corrected chi connectivity index (χ1v) is 9.62. The summed E-state index contributed by atoms with van der Waals surface area (Å²) in [5.74, 6) is -2.79. The Morgan fingerprint density at radius 3 is 2.42 bits per heavy atom. The number of hydrogen-bond acceptors (Lipinski definition) is 4. The minimum atomic E-state index is -1.45. The summed E-state index contributed by atoms with van der Waals surface area (Å²) in [6, 6.07) is 6.22. The molecule has 1 atom stereocenters. The maximum absolute atomic E-state index is 13.5. The fourth-order valence-corrected chi connectivity index (χ4v) is 3.49. The molecule has 1 unspecified atom stereocenters. The number of halogens is 2. The Labute approximate surface area is 175 Å². The Bertz CT molecular complexity index is 1170. The first-order chi connectivity index (χ1) is 14.7. The molecule has 0 aliphatic heterocycles. The van der Waals surface area contributed by atoms with Gasteiger partial charge in [0.15, 0.2) is 5.58 Å². The summed E-state index contributed by atoms with van der Waals surface area (Å²) in [5.41, 5.74) is 1.40. The Morgan fingerprint density at radius 2 is 1.84 bits per heavy atom. The van der Waals surface area contributed by atoms with Gasteiger partial charge in [-0.3, -0.25) is 9.36 Å². The summed E-state index contributed by atoms with van der Waals surface area (Å²) in [4.78, 5) is 37.7. The number of likely N-dealkylation sites (N-methyl/N-ethyl adjacent to an activating group) is 1. The van der Waals surface area contributed by atoms with Crippen LogP contribution in [0.2, 0.25) is 0 Å². The smallest absolute Gasteiger partial charge is 0.419 e. The molecule has 0 spiro atoms. The second kappa shape index (κ2) is 8.99. The molecule has 31 heavy (non-hydrogen) atoms. The number of aromatic nitrogens is 1. The van der Waals surface area contributed by atoms with E-state index in [1.165, 1.54) is 9.47 Å². The first kappa shape index (κ1) is 22.0. The normalized spacial score (nSPS) is 12.0. The van der Waals surface area contributed by atoms with E-state index in [1.807, 2.05) is 0 Å². The first-order valence-electron chi connectivity index (χ1n) is 9.62. The van der Waals surface area contributed by atoms with E-state index >= 15 is 0 Å². The van der Waals surface area contributed by atoms with Crippen molar-refractivity contribution in [2.45, 2.75) is 32.9 Å². The van der Waals surface area contributed by atoms with Gasteiger partial charge in [0, 0.05) is 31.3 Å². The summed E-state index contributed by atoms with van der Waals surface area (Å²) < 4.78 is 33.7. The number of aryl methyl sites for hydroxylation is 1. The zero-order chi connectivity index (χ0) is 22.7. The van der Waals surface area contributed by atoms with Gasteiger partial charge in [0.25, 0.3) is 0 Å². The molecule has 3 aromatic rings. The van der Waals surface area contributed by atoms with Gasteiger partial charge in [-0.1, -0.05) is 0 Å². The lowest BCUT2D eigenvalue weighted by atomic mass is 10.0. The minimum Gasteiger partial charge on any atom is -0.465 e. The largest absolute Gasteiger partial charge is 0.465 e. The van der Waals surface area contributed by atoms with Crippen LogP contribution < -0.4 is 16.0 Å². The third-order valence-corrected chi connectivity index (χ3v) is 4.82. The molecule has 2 aromatic carbocycles. The van der Waals surface area contributed by atoms with Crippen LogP contribution in [0.4, 0.5) is 19.3 Å². The average molecular weight is 433 g/mol. The van der Waals surface area contributed by atoms with Gasteiger partial charge in [0.1, 0.15) is 17.7 Å². The van der Waals surface area contributed by atoms with Crippen LogP contribution in [0.1, 0.15) is 19.4 Å². The van der Waals surface area contributed by atoms with Crippen LogP contribution in [0.5, 0.6) is 0 Å². The number of nitrogens with one attached hydrogen (secondary N) is 1. The van der Waals surface area contributed by atoms with E-state index in [2.05, 4.69) is 5.32 Å². The molecule has 0 saturated heterocycles. The number of fused-ring (bicyclic) bond motifs is 1. The highest BCUT2D eigenvalue weighted by molar-refractivity contribution is 5.99. The molecule has 2 amide bonds. The van der Waals surface area contributed by atoms with Crippen LogP contribution in [-0.2, 0) is 17.8 Å². The average Bonchev–Trinajstić information content (AvgIpc) is 3.01. The van der Waals surface area contributed by atoms with E-state index in [9.17, 15) is 28.3 Å². The fraction of sp³-hybridized carbons (Fsp3) is 0.286. The Kier molecular flexibility index (Phi) is 6.38. The maximum atomic E-state index is 13.5. The van der Waals surface area contributed by atoms with Crippen molar-refractivity contribution in [1.29, 1.82) is 0 Å². The number of benzene rings is 2. The number of nitrogens with zero attached hydrogens (tertiary/aromatic N) is 2. The number of amides is 2.